The van der Waals surface area contributed by atoms with Gasteiger partial charge in [-0.05, 0) is 66.6 Å². The Morgan fingerprint density at radius 2 is 1.73 bits per heavy atom. The summed E-state index contributed by atoms with van der Waals surface area (Å²) in [5, 5.41) is 3.25. The lowest BCUT2D eigenvalue weighted by Gasteiger charge is -2.34. The molecule has 3 aromatic carbocycles. The molecule has 4 nitrogen and oxygen atoms in total. The minimum Gasteiger partial charge on any atom is -0.349 e. The van der Waals surface area contributed by atoms with E-state index >= 15 is 0 Å². The summed E-state index contributed by atoms with van der Waals surface area (Å²) in [5.74, 6) is 1.09. The van der Waals surface area contributed by atoms with Gasteiger partial charge in [-0.25, -0.2) is 0 Å². The van der Waals surface area contributed by atoms with Crippen LogP contribution in [0.5, 0.6) is 0 Å². The summed E-state index contributed by atoms with van der Waals surface area (Å²) in [5.41, 5.74) is 4.79. The van der Waals surface area contributed by atoms with Crippen molar-refractivity contribution in [2.75, 3.05) is 4.90 Å². The van der Waals surface area contributed by atoms with Crippen LogP contribution in [0.25, 0.3) is 6.08 Å². The Balaban J connectivity index is 1.34. The standard InChI is InChI=1S/C32H34N2O2S/c1-21-11-13-25(14-12-21)20-34-28-9-4-5-10-29(28)37-30(32(34)36)19-24-15-17-26(18-16-24)31(35)33-27-8-6-7-22(2)23(27)3/h4-5,9-19,22-23,27H,6-8,20H2,1-3H3,(H,33,35)/b30-19+/t22-,23+,27-/m1/s1. The van der Waals surface area contributed by atoms with Crippen LogP contribution in [0.2, 0.25) is 0 Å². The maximum absolute atomic E-state index is 13.6. The molecule has 1 aliphatic heterocycles. The molecule has 5 rings (SSSR count). The van der Waals surface area contributed by atoms with E-state index in [1.807, 2.05) is 53.4 Å². The molecule has 0 spiro atoms. The molecule has 2 amide bonds. The lowest BCUT2D eigenvalue weighted by atomic mass is 9.78. The van der Waals surface area contributed by atoms with Crippen molar-refractivity contribution in [3.05, 3.63) is 100.0 Å². The number of amides is 2. The molecule has 37 heavy (non-hydrogen) atoms. The van der Waals surface area contributed by atoms with Gasteiger partial charge in [-0.3, -0.25) is 9.59 Å². The highest BCUT2D eigenvalue weighted by molar-refractivity contribution is 8.04. The molecule has 2 aliphatic rings. The molecule has 0 saturated heterocycles. The average molecular weight is 511 g/mol. The van der Waals surface area contributed by atoms with Crippen LogP contribution in [0, 0.1) is 18.8 Å². The molecule has 1 saturated carbocycles. The number of aryl methyl sites for hydroxylation is 1. The number of para-hydroxylation sites is 1. The molecule has 0 bridgehead atoms. The number of fused-ring (bicyclic) bond motifs is 1. The topological polar surface area (TPSA) is 49.4 Å². The Kier molecular flexibility index (Phi) is 7.52. The Morgan fingerprint density at radius 1 is 1.00 bits per heavy atom. The predicted octanol–water partition coefficient (Wildman–Crippen LogP) is 7.23. The van der Waals surface area contributed by atoms with Crippen molar-refractivity contribution in [1.29, 1.82) is 0 Å². The molecule has 3 atom stereocenters. The number of carbonyl (C=O) groups is 2. The van der Waals surface area contributed by atoms with E-state index in [0.717, 1.165) is 28.1 Å². The van der Waals surface area contributed by atoms with Gasteiger partial charge in [0.05, 0.1) is 17.1 Å². The second-order valence-corrected chi connectivity index (χ2v) is 11.5. The number of benzene rings is 3. The number of hydrogen-bond acceptors (Lipinski definition) is 3. The van der Waals surface area contributed by atoms with E-state index in [0.29, 0.717) is 28.8 Å². The molecule has 3 aromatic rings. The summed E-state index contributed by atoms with van der Waals surface area (Å²) in [7, 11) is 0. The zero-order valence-corrected chi connectivity index (χ0v) is 22.6. The molecule has 0 aromatic heterocycles. The predicted molar refractivity (Wildman–Crippen MR) is 153 cm³/mol. The number of anilines is 1. The highest BCUT2D eigenvalue weighted by Gasteiger charge is 2.30. The molecular formula is C32H34N2O2S. The fourth-order valence-corrected chi connectivity index (χ4v) is 6.27. The number of hydrogen-bond donors (Lipinski definition) is 1. The van der Waals surface area contributed by atoms with Gasteiger partial charge in [0, 0.05) is 16.5 Å². The molecular weight excluding hydrogens is 476 g/mol. The third kappa shape index (κ3) is 5.67. The zero-order valence-electron chi connectivity index (χ0n) is 21.7. The number of nitrogens with one attached hydrogen (secondary N) is 1. The Hall–Kier alpha value is -3.31. The van der Waals surface area contributed by atoms with E-state index in [4.69, 9.17) is 0 Å². The molecule has 0 unspecified atom stereocenters. The lowest BCUT2D eigenvalue weighted by molar-refractivity contribution is -0.114. The van der Waals surface area contributed by atoms with Crippen LogP contribution < -0.4 is 10.2 Å². The minimum atomic E-state index is -0.0218. The van der Waals surface area contributed by atoms with E-state index in [1.54, 1.807) is 0 Å². The van der Waals surface area contributed by atoms with Crippen molar-refractivity contribution in [3.63, 3.8) is 0 Å². The van der Waals surface area contributed by atoms with E-state index in [2.05, 4.69) is 56.4 Å². The third-order valence-corrected chi connectivity index (χ3v) is 8.86. The molecule has 5 heteroatoms. The number of rotatable bonds is 5. The van der Waals surface area contributed by atoms with Gasteiger partial charge in [-0.1, -0.05) is 92.5 Å². The summed E-state index contributed by atoms with van der Waals surface area (Å²) >= 11 is 1.50. The first-order valence-corrected chi connectivity index (χ1v) is 14.0. The van der Waals surface area contributed by atoms with Gasteiger partial charge in [0.25, 0.3) is 11.8 Å². The van der Waals surface area contributed by atoms with Crippen LogP contribution in [-0.4, -0.2) is 17.9 Å². The van der Waals surface area contributed by atoms with Crippen molar-refractivity contribution in [1.82, 2.24) is 5.32 Å². The van der Waals surface area contributed by atoms with Crippen molar-refractivity contribution in [3.8, 4) is 0 Å². The largest absolute Gasteiger partial charge is 0.349 e. The van der Waals surface area contributed by atoms with Gasteiger partial charge in [-0.2, -0.15) is 0 Å². The number of carbonyl (C=O) groups excluding carboxylic acids is 2. The van der Waals surface area contributed by atoms with Crippen molar-refractivity contribution in [2.24, 2.45) is 11.8 Å². The molecule has 0 radical (unpaired) electrons. The monoisotopic (exact) mass is 510 g/mol. The minimum absolute atomic E-state index is 0.00787. The van der Waals surface area contributed by atoms with E-state index in [-0.39, 0.29) is 17.9 Å². The van der Waals surface area contributed by atoms with Crippen LogP contribution in [-0.2, 0) is 11.3 Å². The molecule has 1 heterocycles. The molecule has 1 fully saturated rings. The van der Waals surface area contributed by atoms with E-state index in [9.17, 15) is 9.59 Å². The van der Waals surface area contributed by atoms with Crippen LogP contribution in [0.4, 0.5) is 5.69 Å². The van der Waals surface area contributed by atoms with Gasteiger partial charge < -0.3 is 10.2 Å². The Morgan fingerprint density at radius 3 is 2.49 bits per heavy atom. The summed E-state index contributed by atoms with van der Waals surface area (Å²) in [4.78, 5) is 30.1. The molecule has 190 valence electrons. The second kappa shape index (κ2) is 11.0. The van der Waals surface area contributed by atoms with Crippen LogP contribution in [0.1, 0.15) is 60.2 Å². The summed E-state index contributed by atoms with van der Waals surface area (Å²) in [6.07, 6.45) is 5.37. The smallest absolute Gasteiger partial charge is 0.265 e. The number of thioether (sulfide) groups is 1. The lowest BCUT2D eigenvalue weighted by Crippen LogP contribution is -2.43. The van der Waals surface area contributed by atoms with Gasteiger partial charge in [0.15, 0.2) is 0 Å². The highest BCUT2D eigenvalue weighted by atomic mass is 32.2. The van der Waals surface area contributed by atoms with Gasteiger partial charge in [-0.15, -0.1) is 0 Å². The zero-order chi connectivity index (χ0) is 25.9. The Bertz CT molecular complexity index is 1310. The molecule has 1 aliphatic carbocycles. The third-order valence-electron chi connectivity index (χ3n) is 7.79. The van der Waals surface area contributed by atoms with Crippen molar-refractivity contribution in [2.45, 2.75) is 57.5 Å². The summed E-state index contributed by atoms with van der Waals surface area (Å²) in [6.45, 7) is 7.10. The fraction of sp³-hybridized carbons (Fsp3) is 0.312. The Labute approximate surface area is 224 Å². The fourth-order valence-electron chi connectivity index (χ4n) is 5.21. The SMILES string of the molecule is Cc1ccc(CN2C(=O)/C(=C\c3ccc(C(=O)N[C@@H]4CCC[C@@H](C)[C@@H]4C)cc3)Sc3ccccc32)cc1. The summed E-state index contributed by atoms with van der Waals surface area (Å²) in [6, 6.07) is 24.1. The van der Waals surface area contributed by atoms with Crippen LogP contribution >= 0.6 is 11.8 Å². The maximum atomic E-state index is 13.6. The first-order valence-electron chi connectivity index (χ1n) is 13.2. The van der Waals surface area contributed by atoms with Crippen molar-refractivity contribution >= 4 is 35.3 Å². The first kappa shape index (κ1) is 25.3. The average Bonchev–Trinajstić information content (AvgIpc) is 2.90. The van der Waals surface area contributed by atoms with Crippen LogP contribution in [0.15, 0.2) is 82.6 Å². The molecule has 1 N–H and O–H groups in total. The van der Waals surface area contributed by atoms with E-state index in [1.165, 1.54) is 30.2 Å². The van der Waals surface area contributed by atoms with Gasteiger partial charge in [0.1, 0.15) is 0 Å². The van der Waals surface area contributed by atoms with E-state index < -0.39 is 0 Å². The maximum Gasteiger partial charge on any atom is 0.265 e. The number of nitrogens with zero attached hydrogens (tertiary/aromatic N) is 1. The van der Waals surface area contributed by atoms with Gasteiger partial charge in [0.2, 0.25) is 0 Å². The van der Waals surface area contributed by atoms with Gasteiger partial charge >= 0.3 is 0 Å². The second-order valence-electron chi connectivity index (χ2n) is 10.4. The summed E-state index contributed by atoms with van der Waals surface area (Å²) < 4.78 is 0. The first-order chi connectivity index (χ1) is 17.9. The van der Waals surface area contributed by atoms with Crippen LogP contribution in [0.3, 0.4) is 0 Å². The highest BCUT2D eigenvalue weighted by Crippen LogP contribution is 2.42. The quantitative estimate of drug-likeness (QED) is 0.368. The van der Waals surface area contributed by atoms with Crippen molar-refractivity contribution < 1.29 is 9.59 Å². The normalized spacial score (nSPS) is 22.6.